The molecule has 1 aliphatic rings. The number of carbonyl (C=O) groups excluding carboxylic acids is 1. The molecule has 1 saturated heterocycles. The molecule has 6 nitrogen and oxygen atoms in total. The predicted molar refractivity (Wildman–Crippen MR) is 65.3 cm³/mol. The molecule has 0 spiro atoms. The molecule has 1 aliphatic heterocycles. The van der Waals surface area contributed by atoms with Crippen molar-refractivity contribution < 1.29 is 27.4 Å². The Balaban J connectivity index is 2.16. The van der Waals surface area contributed by atoms with Gasteiger partial charge in [0.2, 0.25) is 5.43 Å². The SMILES string of the molecule is COc1c[nH]c(C(=O)N2CCO[C@H](C(F)(F)F)C2)cc1=O. The number of morpholine rings is 1. The van der Waals surface area contributed by atoms with Gasteiger partial charge in [0.1, 0.15) is 5.69 Å². The maximum atomic E-state index is 12.6. The Bertz CT molecular complexity index is 585. The van der Waals surface area contributed by atoms with Crippen molar-refractivity contribution in [3.63, 3.8) is 0 Å². The fraction of sp³-hybridized carbons (Fsp3) is 0.500. The van der Waals surface area contributed by atoms with E-state index in [4.69, 9.17) is 4.74 Å². The Kier molecular flexibility index (Phi) is 4.21. The zero-order valence-corrected chi connectivity index (χ0v) is 11.1. The van der Waals surface area contributed by atoms with Crippen LogP contribution in [-0.2, 0) is 4.74 Å². The number of halogens is 3. The van der Waals surface area contributed by atoms with Crippen LogP contribution in [0.2, 0.25) is 0 Å². The number of H-pyrrole nitrogens is 1. The Morgan fingerprint density at radius 2 is 2.24 bits per heavy atom. The van der Waals surface area contributed by atoms with Gasteiger partial charge >= 0.3 is 6.18 Å². The average molecular weight is 306 g/mol. The van der Waals surface area contributed by atoms with Crippen LogP contribution in [0.5, 0.6) is 5.75 Å². The van der Waals surface area contributed by atoms with Gasteiger partial charge in [0, 0.05) is 18.8 Å². The second-order valence-corrected chi connectivity index (χ2v) is 4.43. The third-order valence-corrected chi connectivity index (χ3v) is 3.05. The first-order chi connectivity index (χ1) is 9.82. The van der Waals surface area contributed by atoms with Crippen molar-refractivity contribution in [1.82, 2.24) is 9.88 Å². The van der Waals surface area contributed by atoms with E-state index in [0.29, 0.717) is 0 Å². The lowest BCUT2D eigenvalue weighted by Gasteiger charge is -2.33. The average Bonchev–Trinajstić information content (AvgIpc) is 2.45. The van der Waals surface area contributed by atoms with Gasteiger partial charge in [-0.3, -0.25) is 9.59 Å². The number of nitrogens with zero attached hydrogens (tertiary/aromatic N) is 1. The lowest BCUT2D eigenvalue weighted by molar-refractivity contribution is -0.233. The first kappa shape index (κ1) is 15.4. The molecule has 1 amide bonds. The van der Waals surface area contributed by atoms with Crippen molar-refractivity contribution in [2.75, 3.05) is 26.8 Å². The van der Waals surface area contributed by atoms with Gasteiger partial charge in [-0.25, -0.2) is 0 Å². The maximum absolute atomic E-state index is 12.6. The second kappa shape index (κ2) is 5.76. The summed E-state index contributed by atoms with van der Waals surface area (Å²) in [7, 11) is 1.29. The zero-order chi connectivity index (χ0) is 15.6. The number of rotatable bonds is 2. The summed E-state index contributed by atoms with van der Waals surface area (Å²) < 4.78 is 47.2. The highest BCUT2D eigenvalue weighted by Gasteiger charge is 2.44. The highest BCUT2D eigenvalue weighted by Crippen LogP contribution is 2.26. The molecule has 9 heteroatoms. The highest BCUT2D eigenvalue weighted by molar-refractivity contribution is 5.92. The largest absolute Gasteiger partial charge is 0.491 e. The fourth-order valence-electron chi connectivity index (χ4n) is 1.94. The van der Waals surface area contributed by atoms with Crippen molar-refractivity contribution in [2.45, 2.75) is 12.3 Å². The molecular weight excluding hydrogens is 293 g/mol. The van der Waals surface area contributed by atoms with Crippen LogP contribution in [0, 0.1) is 0 Å². The summed E-state index contributed by atoms with van der Waals surface area (Å²) in [5.41, 5.74) is -0.621. The number of methoxy groups -OCH3 is 1. The molecule has 2 heterocycles. The lowest BCUT2D eigenvalue weighted by atomic mass is 10.2. The van der Waals surface area contributed by atoms with E-state index in [2.05, 4.69) is 9.72 Å². The number of aromatic amines is 1. The molecule has 1 aromatic heterocycles. The third kappa shape index (κ3) is 3.35. The number of hydrogen-bond donors (Lipinski definition) is 1. The Morgan fingerprint density at radius 3 is 2.81 bits per heavy atom. The van der Waals surface area contributed by atoms with E-state index in [1.807, 2.05) is 0 Å². The molecule has 0 bridgehead atoms. The van der Waals surface area contributed by atoms with Crippen molar-refractivity contribution in [1.29, 1.82) is 0 Å². The standard InChI is InChI=1S/C12H13F3N2O4/c1-20-9-5-16-7(4-8(9)18)11(19)17-2-3-21-10(6-17)12(13,14)15/h4-5,10H,2-3,6H2,1H3,(H,16,18)/t10-/m0/s1. The van der Waals surface area contributed by atoms with E-state index < -0.39 is 30.2 Å². The normalized spacial score (nSPS) is 19.4. The van der Waals surface area contributed by atoms with Crippen LogP contribution in [-0.4, -0.2) is 54.9 Å². The second-order valence-electron chi connectivity index (χ2n) is 4.43. The molecule has 0 saturated carbocycles. The van der Waals surface area contributed by atoms with Gasteiger partial charge in [0.25, 0.3) is 5.91 Å². The molecule has 1 fully saturated rings. The van der Waals surface area contributed by atoms with Crippen molar-refractivity contribution >= 4 is 5.91 Å². The first-order valence-electron chi connectivity index (χ1n) is 6.07. The number of aromatic nitrogens is 1. The van der Waals surface area contributed by atoms with Crippen LogP contribution in [0.4, 0.5) is 13.2 Å². The molecule has 0 aliphatic carbocycles. The quantitative estimate of drug-likeness (QED) is 0.877. The first-order valence-corrected chi connectivity index (χ1v) is 6.07. The van der Waals surface area contributed by atoms with E-state index >= 15 is 0 Å². The minimum Gasteiger partial charge on any atom is -0.491 e. The van der Waals surface area contributed by atoms with Gasteiger partial charge in [0.05, 0.1) is 20.3 Å². The number of nitrogens with one attached hydrogen (secondary N) is 1. The summed E-state index contributed by atoms with van der Waals surface area (Å²) in [5, 5.41) is 0. The van der Waals surface area contributed by atoms with Gasteiger partial charge < -0.3 is 19.4 Å². The molecule has 116 valence electrons. The zero-order valence-electron chi connectivity index (χ0n) is 11.1. The van der Waals surface area contributed by atoms with Gasteiger partial charge in [-0.2, -0.15) is 13.2 Å². The molecule has 21 heavy (non-hydrogen) atoms. The van der Waals surface area contributed by atoms with Crippen molar-refractivity contribution in [3.8, 4) is 5.75 Å². The van der Waals surface area contributed by atoms with Crippen LogP contribution < -0.4 is 10.2 Å². The Hall–Kier alpha value is -2.03. The molecule has 0 aromatic carbocycles. The third-order valence-electron chi connectivity index (χ3n) is 3.05. The van der Waals surface area contributed by atoms with Crippen molar-refractivity contribution in [2.24, 2.45) is 0 Å². The summed E-state index contributed by atoms with van der Waals surface area (Å²) in [6, 6.07) is 0.999. The minimum atomic E-state index is -4.54. The molecular formula is C12H13F3N2O4. The number of ether oxygens (including phenoxy) is 2. The smallest absolute Gasteiger partial charge is 0.416 e. The highest BCUT2D eigenvalue weighted by atomic mass is 19.4. The summed E-state index contributed by atoms with van der Waals surface area (Å²) in [6.07, 6.45) is -5.36. The number of pyridine rings is 1. The van der Waals surface area contributed by atoms with E-state index in [9.17, 15) is 22.8 Å². The topological polar surface area (TPSA) is 71.6 Å². The van der Waals surface area contributed by atoms with E-state index in [1.165, 1.54) is 13.3 Å². The van der Waals surface area contributed by atoms with Crippen molar-refractivity contribution in [3.05, 3.63) is 28.2 Å². The van der Waals surface area contributed by atoms with Gasteiger partial charge in [-0.15, -0.1) is 0 Å². The monoisotopic (exact) mass is 306 g/mol. The van der Waals surface area contributed by atoms with Gasteiger partial charge in [-0.05, 0) is 0 Å². The Labute approximate surface area is 117 Å². The molecule has 0 unspecified atom stereocenters. The summed E-state index contributed by atoms with van der Waals surface area (Å²) >= 11 is 0. The van der Waals surface area contributed by atoms with E-state index in [-0.39, 0.29) is 24.6 Å². The van der Waals surface area contributed by atoms with E-state index in [1.54, 1.807) is 0 Å². The van der Waals surface area contributed by atoms with E-state index in [0.717, 1.165) is 11.0 Å². The maximum Gasteiger partial charge on any atom is 0.416 e. The summed E-state index contributed by atoms with van der Waals surface area (Å²) in [6.45, 7) is -0.786. The fourth-order valence-corrected chi connectivity index (χ4v) is 1.94. The molecule has 1 N–H and O–H groups in total. The molecule has 1 aromatic rings. The summed E-state index contributed by atoms with van der Waals surface area (Å²) in [5.74, 6) is -0.672. The molecule has 1 atom stereocenters. The van der Waals surface area contributed by atoms with Crippen LogP contribution in [0.15, 0.2) is 17.1 Å². The summed E-state index contributed by atoms with van der Waals surface area (Å²) in [4.78, 5) is 27.2. The number of carbonyl (C=O) groups is 1. The molecule has 0 radical (unpaired) electrons. The molecule has 2 rings (SSSR count). The van der Waals surface area contributed by atoms with Crippen LogP contribution in [0.25, 0.3) is 0 Å². The van der Waals surface area contributed by atoms with Gasteiger partial charge in [0.15, 0.2) is 11.9 Å². The van der Waals surface area contributed by atoms with Crippen LogP contribution in [0.3, 0.4) is 0 Å². The minimum absolute atomic E-state index is 0.0155. The van der Waals surface area contributed by atoms with Crippen LogP contribution >= 0.6 is 0 Å². The van der Waals surface area contributed by atoms with Crippen LogP contribution in [0.1, 0.15) is 10.5 Å². The number of hydrogen-bond acceptors (Lipinski definition) is 4. The lowest BCUT2D eigenvalue weighted by Crippen LogP contribution is -2.51. The number of alkyl halides is 3. The van der Waals surface area contributed by atoms with Gasteiger partial charge in [-0.1, -0.05) is 0 Å². The predicted octanol–water partition coefficient (Wildman–Crippen LogP) is 0.787. The Morgan fingerprint density at radius 1 is 1.52 bits per heavy atom. The number of amides is 1.